The number of nitrogens with zero attached hydrogens (tertiary/aromatic N) is 1. The summed E-state index contributed by atoms with van der Waals surface area (Å²) in [6.07, 6.45) is 0. The van der Waals surface area contributed by atoms with E-state index in [1.807, 2.05) is 6.92 Å². The number of aromatic carboxylic acids is 1. The number of ether oxygens (including phenoxy) is 2. The molecular formula is C13H12BrNO5. The molecule has 1 aromatic carbocycles. The summed E-state index contributed by atoms with van der Waals surface area (Å²) in [7, 11) is 1.54. The van der Waals surface area contributed by atoms with Gasteiger partial charge in [0.1, 0.15) is 0 Å². The van der Waals surface area contributed by atoms with Crippen molar-refractivity contribution in [1.82, 2.24) is 5.16 Å². The van der Waals surface area contributed by atoms with E-state index in [1.165, 1.54) is 6.07 Å². The fourth-order valence-electron chi connectivity index (χ4n) is 1.68. The van der Waals surface area contributed by atoms with Crippen LogP contribution in [0.1, 0.15) is 17.4 Å². The van der Waals surface area contributed by atoms with Crippen molar-refractivity contribution < 1.29 is 23.9 Å². The number of hydrogen-bond acceptors (Lipinski definition) is 5. The number of rotatable bonds is 5. The Bertz CT molecular complexity index is 638. The van der Waals surface area contributed by atoms with Crippen LogP contribution >= 0.6 is 15.9 Å². The zero-order chi connectivity index (χ0) is 14.7. The van der Waals surface area contributed by atoms with Gasteiger partial charge in [0.2, 0.25) is 0 Å². The van der Waals surface area contributed by atoms with E-state index in [4.69, 9.17) is 19.1 Å². The van der Waals surface area contributed by atoms with E-state index in [0.717, 1.165) is 0 Å². The van der Waals surface area contributed by atoms with Gasteiger partial charge in [0, 0.05) is 11.6 Å². The topological polar surface area (TPSA) is 81.8 Å². The molecule has 0 unspecified atom stereocenters. The van der Waals surface area contributed by atoms with Gasteiger partial charge in [-0.1, -0.05) is 5.16 Å². The molecule has 0 amide bonds. The van der Waals surface area contributed by atoms with Crippen molar-refractivity contribution in [2.75, 3.05) is 13.7 Å². The predicted octanol–water partition coefficient (Wildman–Crippen LogP) is 3.21. The maximum atomic E-state index is 10.8. The third-order valence-corrected chi connectivity index (χ3v) is 3.12. The first kappa shape index (κ1) is 14.4. The molecule has 0 fully saturated rings. The van der Waals surface area contributed by atoms with Gasteiger partial charge in [0.05, 0.1) is 18.2 Å². The lowest BCUT2D eigenvalue weighted by atomic mass is 10.1. The van der Waals surface area contributed by atoms with E-state index in [9.17, 15) is 4.79 Å². The second-order valence-electron chi connectivity index (χ2n) is 3.80. The Morgan fingerprint density at radius 3 is 2.75 bits per heavy atom. The summed E-state index contributed by atoms with van der Waals surface area (Å²) in [6.45, 7) is 2.33. The second-order valence-corrected chi connectivity index (χ2v) is 4.66. The lowest BCUT2D eigenvalue weighted by Gasteiger charge is -2.12. The molecule has 6 nitrogen and oxygen atoms in total. The van der Waals surface area contributed by atoms with Gasteiger partial charge >= 0.3 is 5.97 Å². The molecule has 20 heavy (non-hydrogen) atoms. The molecular weight excluding hydrogens is 330 g/mol. The molecule has 1 heterocycles. The lowest BCUT2D eigenvalue weighted by Crippen LogP contribution is -1.96. The highest BCUT2D eigenvalue weighted by Crippen LogP contribution is 2.39. The van der Waals surface area contributed by atoms with Crippen LogP contribution in [0, 0.1) is 0 Å². The number of hydrogen-bond donors (Lipinski definition) is 1. The van der Waals surface area contributed by atoms with E-state index in [2.05, 4.69) is 21.1 Å². The highest BCUT2D eigenvalue weighted by atomic mass is 79.9. The van der Waals surface area contributed by atoms with Crippen molar-refractivity contribution in [3.8, 4) is 22.8 Å². The molecule has 0 saturated carbocycles. The fraction of sp³-hybridized carbons (Fsp3) is 0.231. The summed E-state index contributed by atoms with van der Waals surface area (Å²) in [5.41, 5.74) is 0.492. The maximum Gasteiger partial charge on any atom is 0.358 e. The number of carbonyl (C=O) groups is 1. The summed E-state index contributed by atoms with van der Waals surface area (Å²) >= 11 is 3.38. The van der Waals surface area contributed by atoms with Gasteiger partial charge in [-0.2, -0.15) is 0 Å². The number of aromatic nitrogens is 1. The largest absolute Gasteiger partial charge is 0.492 e. The first-order valence-corrected chi connectivity index (χ1v) is 6.56. The number of benzene rings is 1. The van der Waals surface area contributed by atoms with Crippen molar-refractivity contribution >= 4 is 21.9 Å². The van der Waals surface area contributed by atoms with Crippen LogP contribution < -0.4 is 9.47 Å². The van der Waals surface area contributed by atoms with Crippen LogP contribution in [0.4, 0.5) is 0 Å². The van der Waals surface area contributed by atoms with E-state index in [0.29, 0.717) is 33.9 Å². The molecule has 0 aliphatic carbocycles. The summed E-state index contributed by atoms with van der Waals surface area (Å²) in [5, 5.41) is 12.3. The third-order valence-electron chi connectivity index (χ3n) is 2.53. The average molecular weight is 342 g/mol. The predicted molar refractivity (Wildman–Crippen MR) is 74.3 cm³/mol. The number of halogens is 1. The van der Waals surface area contributed by atoms with Crippen molar-refractivity contribution in [1.29, 1.82) is 0 Å². The second kappa shape index (κ2) is 5.96. The van der Waals surface area contributed by atoms with Crippen molar-refractivity contribution in [2.24, 2.45) is 0 Å². The van der Waals surface area contributed by atoms with Crippen LogP contribution in [-0.2, 0) is 0 Å². The van der Waals surface area contributed by atoms with Crippen LogP contribution in [-0.4, -0.2) is 29.9 Å². The Kier molecular flexibility index (Phi) is 4.29. The maximum absolute atomic E-state index is 10.8. The molecule has 0 spiro atoms. The van der Waals surface area contributed by atoms with Gasteiger partial charge in [0.15, 0.2) is 23.0 Å². The lowest BCUT2D eigenvalue weighted by molar-refractivity contribution is 0.0686. The Hall–Kier alpha value is -2.02. The summed E-state index contributed by atoms with van der Waals surface area (Å²) in [5.74, 6) is 0.297. The van der Waals surface area contributed by atoms with Crippen molar-refractivity contribution in [2.45, 2.75) is 6.92 Å². The van der Waals surface area contributed by atoms with Crippen molar-refractivity contribution in [3.05, 3.63) is 28.4 Å². The molecule has 2 rings (SSSR count). The quantitative estimate of drug-likeness (QED) is 0.899. The molecule has 0 aliphatic rings. The standard InChI is InChI=1S/C13H12BrNO5/c1-3-19-11-5-7(4-8(14)12(11)18-2)10-6-9(13(16)17)15-20-10/h4-6H,3H2,1-2H3,(H,16,17). The van der Waals surface area contributed by atoms with Crippen LogP contribution in [0.5, 0.6) is 11.5 Å². The minimum absolute atomic E-state index is 0.148. The number of methoxy groups -OCH3 is 1. The smallest absolute Gasteiger partial charge is 0.358 e. The van der Waals surface area contributed by atoms with Crippen LogP contribution in [0.25, 0.3) is 11.3 Å². The molecule has 106 valence electrons. The van der Waals surface area contributed by atoms with E-state index in [1.54, 1.807) is 19.2 Å². The van der Waals surface area contributed by atoms with Gasteiger partial charge in [-0.25, -0.2) is 4.79 Å². The normalized spacial score (nSPS) is 10.3. The highest BCUT2D eigenvalue weighted by molar-refractivity contribution is 9.10. The Morgan fingerprint density at radius 1 is 1.45 bits per heavy atom. The van der Waals surface area contributed by atoms with E-state index < -0.39 is 5.97 Å². The van der Waals surface area contributed by atoms with Gasteiger partial charge in [0.25, 0.3) is 0 Å². The monoisotopic (exact) mass is 341 g/mol. The van der Waals surface area contributed by atoms with E-state index >= 15 is 0 Å². The third kappa shape index (κ3) is 2.77. The number of carboxylic acids is 1. The van der Waals surface area contributed by atoms with Crippen molar-refractivity contribution in [3.63, 3.8) is 0 Å². The van der Waals surface area contributed by atoms with Gasteiger partial charge < -0.3 is 19.1 Å². The molecule has 0 aliphatic heterocycles. The molecule has 2 aromatic rings. The zero-order valence-electron chi connectivity index (χ0n) is 10.8. The first-order chi connectivity index (χ1) is 9.56. The Morgan fingerprint density at radius 2 is 2.20 bits per heavy atom. The summed E-state index contributed by atoms with van der Waals surface area (Å²) in [6, 6.07) is 4.80. The molecule has 0 radical (unpaired) electrons. The minimum Gasteiger partial charge on any atom is -0.492 e. The Labute approximate surface area is 123 Å². The minimum atomic E-state index is -1.14. The molecule has 0 bridgehead atoms. The van der Waals surface area contributed by atoms with Crippen LogP contribution in [0.3, 0.4) is 0 Å². The summed E-state index contributed by atoms with van der Waals surface area (Å²) in [4.78, 5) is 10.8. The fourth-order valence-corrected chi connectivity index (χ4v) is 2.29. The average Bonchev–Trinajstić information content (AvgIpc) is 2.88. The van der Waals surface area contributed by atoms with Crippen LogP contribution in [0.2, 0.25) is 0 Å². The molecule has 0 atom stereocenters. The molecule has 1 N–H and O–H groups in total. The molecule has 1 aromatic heterocycles. The summed E-state index contributed by atoms with van der Waals surface area (Å²) < 4.78 is 16.4. The Balaban J connectivity index is 2.48. The van der Waals surface area contributed by atoms with Gasteiger partial charge in [-0.15, -0.1) is 0 Å². The number of carboxylic acid groups (broad SMARTS) is 1. The first-order valence-electron chi connectivity index (χ1n) is 5.77. The highest BCUT2D eigenvalue weighted by Gasteiger charge is 2.16. The SMILES string of the molecule is CCOc1cc(-c2cc(C(=O)O)no2)cc(Br)c1OC. The van der Waals surface area contributed by atoms with Gasteiger partial charge in [-0.05, 0) is 35.0 Å². The zero-order valence-corrected chi connectivity index (χ0v) is 12.4. The van der Waals surface area contributed by atoms with Crippen LogP contribution in [0.15, 0.2) is 27.2 Å². The van der Waals surface area contributed by atoms with E-state index in [-0.39, 0.29) is 5.69 Å². The van der Waals surface area contributed by atoms with Gasteiger partial charge in [-0.3, -0.25) is 0 Å². The molecule has 7 heteroatoms. The molecule has 0 saturated heterocycles.